The average molecular weight is 86.1 g/mol. The third-order valence-corrected chi connectivity index (χ3v) is 0. The Hall–Kier alpha value is 0.570. The van der Waals surface area contributed by atoms with Crippen molar-refractivity contribution < 1.29 is 2.85 Å². The van der Waals surface area contributed by atoms with Crippen LogP contribution in [0.1, 0.15) is 2.85 Å². The summed E-state index contributed by atoms with van der Waals surface area (Å²) in [6.45, 7) is 0. The monoisotopic (exact) mass is 86.0 g/mol. The first kappa shape index (κ1) is 8.82. The zero-order valence-corrected chi connectivity index (χ0v) is 4.36. The average Bonchev–Trinajstić information content (AvgIpc) is 0.918. The van der Waals surface area contributed by atoms with E-state index in [0.29, 0.717) is 0 Å². The fourth-order valence-corrected chi connectivity index (χ4v) is 0. The zero-order valence-electron chi connectivity index (χ0n) is 4.15. The molecular weight excluding hydrogens is 82.1 g/mol. The molecule has 2 N–H and O–H groups in total. The summed E-state index contributed by atoms with van der Waals surface area (Å²) in [6.07, 6.45) is 0. The second kappa shape index (κ2) is 9.57. The summed E-state index contributed by atoms with van der Waals surface area (Å²) in [4.78, 5) is 2.00. The van der Waals surface area contributed by atoms with Crippen LogP contribution in [0.15, 0.2) is 0 Å². The molecule has 0 fully saturated rings. The van der Waals surface area contributed by atoms with Gasteiger partial charge in [0.15, 0.2) is 0 Å². The Morgan fingerprint density at radius 2 is 1.50 bits per heavy atom. The molecule has 0 radical (unpaired) electrons. The van der Waals surface area contributed by atoms with E-state index in [1.807, 2.05) is 4.91 Å². The van der Waals surface area contributed by atoms with Gasteiger partial charge in [-0.1, -0.05) is 0 Å². The Kier molecular flexibility index (Phi) is 21.1. The molecule has 0 rings (SSSR count). The summed E-state index contributed by atoms with van der Waals surface area (Å²) in [7, 11) is 0. The topological polar surface area (TPSA) is 61.8 Å². The van der Waals surface area contributed by atoms with E-state index in [4.69, 9.17) is 11.1 Å². The van der Waals surface area contributed by atoms with Gasteiger partial charge in [-0.25, -0.2) is 0 Å². The molecule has 0 bridgehead atoms. The Labute approximate surface area is 56.4 Å². The molecule has 3 nitrogen and oxygen atoms in total. The maximum atomic E-state index is 5.50. The van der Waals surface area contributed by atoms with Gasteiger partial charge < -0.3 is 2.85 Å². The van der Waals surface area contributed by atoms with E-state index in [0.717, 1.165) is 0 Å². The van der Waals surface area contributed by atoms with E-state index < -0.39 is 0 Å². The van der Waals surface area contributed by atoms with Gasteiger partial charge in [0, 0.05) is 0 Å². The first-order valence-electron chi connectivity index (χ1n) is 0.447. The minimum absolute atomic E-state index is 0. The van der Waals surface area contributed by atoms with E-state index in [9.17, 15) is 0 Å². The molecule has 0 saturated heterocycles. The van der Waals surface area contributed by atoms with Crippen molar-refractivity contribution in [2.75, 3.05) is 0 Å². The molecule has 0 aromatic heterocycles. The second-order valence-electron chi connectivity index (χ2n) is 0.112. The molecule has 0 heterocycles. The van der Waals surface area contributed by atoms with Crippen molar-refractivity contribution in [2.24, 2.45) is 0 Å². The molecule has 0 amide bonds. The predicted octanol–water partition coefficient (Wildman–Crippen LogP) is -0.0403. The first-order valence-corrected chi connectivity index (χ1v) is 0.447. The molecule has 20 valence electrons. The number of rotatable bonds is 0. The van der Waals surface area contributed by atoms with Crippen LogP contribution in [0.2, 0.25) is 0 Å². The summed E-state index contributed by atoms with van der Waals surface area (Å²) >= 11 is 0. The van der Waals surface area contributed by atoms with E-state index in [-0.39, 0.29) is 40.6 Å². The molecule has 4 heteroatoms. The van der Waals surface area contributed by atoms with Crippen LogP contribution in [0.5, 0.6) is 0 Å². The summed E-state index contributed by atoms with van der Waals surface area (Å²) in [5.74, 6) is 0. The molecule has 0 aromatic rings. The molecule has 0 aliphatic rings. The van der Waals surface area contributed by atoms with Gasteiger partial charge in [0.05, 0.1) is 0 Å². The number of hydrogen-bond acceptors (Lipinski definition) is 2. The number of hydrogen-bond donors (Lipinski definition) is 2. The van der Waals surface area contributed by atoms with Gasteiger partial charge in [0.2, 0.25) is 4.91 Å². The van der Waals surface area contributed by atoms with E-state index >= 15 is 0 Å². The molecular formula is H4CaN3+. The van der Waals surface area contributed by atoms with Crippen LogP contribution in [0.25, 0.3) is 0 Å². The van der Waals surface area contributed by atoms with Crippen LogP contribution in [-0.2, 0) is 0 Å². The standard InChI is InChI=1S/Ca.H2N3.2H/c;1-3-2;;/h;1-2H;;/q+2;+1;2*-1. The Morgan fingerprint density at radius 3 is 1.50 bits per heavy atom. The van der Waals surface area contributed by atoms with Crippen molar-refractivity contribution in [1.29, 1.82) is 11.1 Å². The molecule has 0 atom stereocenters. The summed E-state index contributed by atoms with van der Waals surface area (Å²) in [6, 6.07) is 0. The molecule has 0 aromatic carbocycles. The van der Waals surface area contributed by atoms with Gasteiger partial charge in [-0.2, -0.15) is 0 Å². The fraction of sp³-hybridized carbons (Fsp3) is 0. The van der Waals surface area contributed by atoms with Crippen molar-refractivity contribution in [2.45, 2.75) is 0 Å². The Balaban J connectivity index is -0.00000000667. The van der Waals surface area contributed by atoms with Crippen molar-refractivity contribution in [3.8, 4) is 0 Å². The van der Waals surface area contributed by atoms with Gasteiger partial charge in [-0.15, -0.1) is 0 Å². The Morgan fingerprint density at radius 1 is 1.50 bits per heavy atom. The number of nitrogens with zero attached hydrogens (tertiary/aromatic N) is 1. The van der Waals surface area contributed by atoms with Crippen LogP contribution >= 0.6 is 0 Å². The quantitative estimate of drug-likeness (QED) is 0.236. The SMILES string of the molecule is N=[N+]=N.[Ca+2].[H-].[H-]. The summed E-state index contributed by atoms with van der Waals surface area (Å²) < 4.78 is 0. The number of nitrogens with one attached hydrogen (secondary N) is 2. The van der Waals surface area contributed by atoms with Gasteiger partial charge >= 0.3 is 37.7 Å². The smallest absolute Gasteiger partial charge is 1.00 e. The molecule has 0 spiro atoms. The second-order valence-corrected chi connectivity index (χ2v) is 0.112. The predicted molar refractivity (Wildman–Crippen MR) is 15.6 cm³/mol. The summed E-state index contributed by atoms with van der Waals surface area (Å²) in [5.41, 5.74) is 11.0. The van der Waals surface area contributed by atoms with Crippen LogP contribution in [0.3, 0.4) is 0 Å². The van der Waals surface area contributed by atoms with Gasteiger partial charge in [-0.05, 0) is 0 Å². The molecule has 0 unspecified atom stereocenters. The van der Waals surface area contributed by atoms with Crippen LogP contribution in [-0.4, -0.2) is 37.7 Å². The molecule has 0 aliphatic heterocycles. The minimum atomic E-state index is 0. The van der Waals surface area contributed by atoms with Crippen LogP contribution < -0.4 is 4.91 Å². The van der Waals surface area contributed by atoms with Crippen molar-refractivity contribution in [3.05, 3.63) is 0 Å². The van der Waals surface area contributed by atoms with Crippen LogP contribution in [0, 0.1) is 11.1 Å². The zero-order chi connectivity index (χ0) is 2.71. The molecule has 0 aliphatic carbocycles. The minimum Gasteiger partial charge on any atom is -1.00 e. The van der Waals surface area contributed by atoms with Crippen molar-refractivity contribution in [1.82, 2.24) is 4.91 Å². The molecule has 0 saturated carbocycles. The maximum absolute atomic E-state index is 5.50. The van der Waals surface area contributed by atoms with Gasteiger partial charge in [-0.3, -0.25) is 0 Å². The fourth-order valence-electron chi connectivity index (χ4n) is 0. The maximum Gasteiger partial charge on any atom is 2.00 e. The third kappa shape index (κ3) is 19.5. The summed E-state index contributed by atoms with van der Waals surface area (Å²) in [5, 5.41) is 0. The molecule has 4 heavy (non-hydrogen) atoms. The van der Waals surface area contributed by atoms with E-state index in [2.05, 4.69) is 0 Å². The van der Waals surface area contributed by atoms with Crippen molar-refractivity contribution >= 4 is 37.7 Å². The van der Waals surface area contributed by atoms with Gasteiger partial charge in [0.25, 0.3) is 0 Å². The van der Waals surface area contributed by atoms with Crippen molar-refractivity contribution in [3.63, 3.8) is 0 Å². The first-order chi connectivity index (χ1) is 1.41. The Bertz CT molecular complexity index is 29.8. The van der Waals surface area contributed by atoms with Crippen LogP contribution in [0.4, 0.5) is 0 Å². The largest absolute Gasteiger partial charge is 2.00 e. The normalized spacial score (nSPS) is 2.00. The van der Waals surface area contributed by atoms with E-state index in [1.165, 1.54) is 0 Å². The van der Waals surface area contributed by atoms with E-state index in [1.54, 1.807) is 0 Å². The third-order valence-electron chi connectivity index (χ3n) is 0. The van der Waals surface area contributed by atoms with Gasteiger partial charge in [0.1, 0.15) is 11.1 Å².